The first-order valence-electron chi connectivity index (χ1n) is 8.63. The minimum Gasteiger partial charge on any atom is -0.505 e. The standard InChI is InChI=1S/C19H15ClN2O8S2.Na/c1-11-2-5-14(6-3-11)32(28,29)30-13-4-7-15(17(23)10-13)21-22-16-8-12(20)9-18(19(16)24)31(25,26)27;/h2-10,23-24H,1H3,(H,25,26,27);. The summed E-state index contributed by atoms with van der Waals surface area (Å²) in [6.07, 6.45) is 0. The number of phenols is 2. The molecule has 0 aliphatic heterocycles. The van der Waals surface area contributed by atoms with Gasteiger partial charge in [-0.05, 0) is 43.3 Å². The van der Waals surface area contributed by atoms with Crippen LogP contribution in [0.15, 0.2) is 74.6 Å². The Kier molecular flexibility index (Phi) is 8.52. The van der Waals surface area contributed by atoms with Gasteiger partial charge in [-0.3, -0.25) is 4.55 Å². The molecule has 0 aromatic heterocycles. The van der Waals surface area contributed by atoms with Crippen molar-refractivity contribution in [3.63, 3.8) is 0 Å². The van der Waals surface area contributed by atoms with Gasteiger partial charge < -0.3 is 14.4 Å². The average Bonchev–Trinajstić information content (AvgIpc) is 2.68. The maximum atomic E-state index is 12.3. The Balaban J connectivity index is 0.00000385. The van der Waals surface area contributed by atoms with E-state index in [-0.39, 0.29) is 50.9 Å². The monoisotopic (exact) mass is 521 g/mol. The van der Waals surface area contributed by atoms with Crippen LogP contribution in [-0.4, -0.2) is 61.2 Å². The van der Waals surface area contributed by atoms with Gasteiger partial charge in [-0.25, -0.2) is 0 Å². The van der Waals surface area contributed by atoms with Gasteiger partial charge in [-0.1, -0.05) is 29.3 Å². The maximum Gasteiger partial charge on any atom is 0.339 e. The van der Waals surface area contributed by atoms with Crippen molar-refractivity contribution >= 4 is 72.8 Å². The molecule has 3 rings (SSSR count). The van der Waals surface area contributed by atoms with E-state index in [1.165, 1.54) is 24.3 Å². The summed E-state index contributed by atoms with van der Waals surface area (Å²) in [5.41, 5.74) is 0.315. The van der Waals surface area contributed by atoms with Crippen LogP contribution in [0.2, 0.25) is 5.02 Å². The third-order valence-electron chi connectivity index (χ3n) is 4.03. The third kappa shape index (κ3) is 6.67. The molecule has 0 amide bonds. The van der Waals surface area contributed by atoms with Crippen LogP contribution in [0.5, 0.6) is 17.2 Å². The van der Waals surface area contributed by atoms with E-state index in [0.29, 0.717) is 0 Å². The van der Waals surface area contributed by atoms with Gasteiger partial charge in [0, 0.05) is 40.6 Å². The van der Waals surface area contributed by atoms with Crippen LogP contribution in [0.3, 0.4) is 0 Å². The molecule has 169 valence electrons. The van der Waals surface area contributed by atoms with E-state index in [1.807, 2.05) is 0 Å². The summed E-state index contributed by atoms with van der Waals surface area (Å²) in [4.78, 5) is -0.939. The van der Waals surface area contributed by atoms with Crippen molar-refractivity contribution in [1.29, 1.82) is 0 Å². The number of benzene rings is 3. The van der Waals surface area contributed by atoms with E-state index in [2.05, 4.69) is 10.2 Å². The topological polar surface area (TPSA) is 163 Å². The molecule has 0 unspecified atom stereocenters. The Morgan fingerprint density at radius 1 is 0.879 bits per heavy atom. The van der Waals surface area contributed by atoms with Gasteiger partial charge in [0.25, 0.3) is 10.1 Å². The minimum atomic E-state index is -4.78. The van der Waals surface area contributed by atoms with Gasteiger partial charge in [0.2, 0.25) is 0 Å². The summed E-state index contributed by atoms with van der Waals surface area (Å²) in [5.74, 6) is -1.60. The number of rotatable bonds is 6. The normalized spacial score (nSPS) is 11.8. The Hall–Kier alpha value is -2.19. The van der Waals surface area contributed by atoms with Gasteiger partial charge in [-0.15, -0.1) is 10.2 Å². The number of halogens is 1. The molecule has 0 bridgehead atoms. The molecule has 10 nitrogen and oxygen atoms in total. The van der Waals surface area contributed by atoms with Crippen molar-refractivity contribution < 1.29 is 35.8 Å². The summed E-state index contributed by atoms with van der Waals surface area (Å²) in [6.45, 7) is 1.80. The number of aromatic hydroxyl groups is 2. The maximum absolute atomic E-state index is 12.3. The second-order valence-corrected chi connectivity index (χ2v) is 9.82. The zero-order valence-corrected chi connectivity index (χ0v) is 21.6. The molecule has 3 N–H and O–H groups in total. The second-order valence-electron chi connectivity index (χ2n) is 6.45. The molecule has 1 radical (unpaired) electrons. The van der Waals surface area contributed by atoms with Gasteiger partial charge in [0.05, 0.1) is 0 Å². The fourth-order valence-corrected chi connectivity index (χ4v) is 4.29. The number of aryl methyl sites for hydroxylation is 1. The van der Waals surface area contributed by atoms with E-state index >= 15 is 0 Å². The number of nitrogens with zero attached hydrogens (tertiary/aromatic N) is 2. The first-order chi connectivity index (χ1) is 14.9. The molecule has 0 fully saturated rings. The summed E-state index contributed by atoms with van der Waals surface area (Å²) < 4.78 is 61.5. The van der Waals surface area contributed by atoms with E-state index in [9.17, 15) is 27.0 Å². The molecule has 3 aromatic carbocycles. The largest absolute Gasteiger partial charge is 0.505 e. The van der Waals surface area contributed by atoms with Crippen molar-refractivity contribution in [2.45, 2.75) is 16.7 Å². The van der Waals surface area contributed by atoms with Crippen LogP contribution in [-0.2, 0) is 20.2 Å². The summed E-state index contributed by atoms with van der Waals surface area (Å²) in [5, 5.41) is 27.3. The van der Waals surface area contributed by atoms with E-state index in [1.54, 1.807) is 19.1 Å². The molecule has 0 atom stereocenters. The molecule has 0 aliphatic rings. The summed E-state index contributed by atoms with van der Waals surface area (Å²) in [7, 11) is -8.91. The fraction of sp³-hybridized carbons (Fsp3) is 0.0526. The number of hydrogen-bond acceptors (Lipinski definition) is 9. The van der Waals surface area contributed by atoms with E-state index < -0.39 is 42.3 Å². The van der Waals surface area contributed by atoms with Crippen LogP contribution in [0.25, 0.3) is 0 Å². The Morgan fingerprint density at radius 3 is 2.06 bits per heavy atom. The quantitative estimate of drug-likeness (QED) is 0.189. The summed E-state index contributed by atoms with van der Waals surface area (Å²) in [6, 6.07) is 11.3. The van der Waals surface area contributed by atoms with Crippen molar-refractivity contribution in [3.05, 3.63) is 65.2 Å². The zero-order chi connectivity index (χ0) is 23.7. The van der Waals surface area contributed by atoms with Crippen LogP contribution in [0.1, 0.15) is 5.56 Å². The molecule has 14 heteroatoms. The zero-order valence-electron chi connectivity index (χ0n) is 17.2. The smallest absolute Gasteiger partial charge is 0.339 e. The van der Waals surface area contributed by atoms with Crippen molar-refractivity contribution in [2.24, 2.45) is 10.2 Å². The fourth-order valence-electron chi connectivity index (χ4n) is 2.46. The Bertz CT molecular complexity index is 1430. The number of phenolic OH excluding ortho intramolecular Hbond substituents is 2. The van der Waals surface area contributed by atoms with Crippen LogP contribution in [0, 0.1) is 6.92 Å². The molecule has 3 aromatic rings. The Labute approximate surface area is 216 Å². The molecule has 0 spiro atoms. The predicted octanol–water partition coefficient (Wildman–Crippen LogP) is 4.11. The van der Waals surface area contributed by atoms with Crippen molar-refractivity contribution in [3.8, 4) is 17.2 Å². The molecule has 0 saturated carbocycles. The first kappa shape index (κ1) is 27.1. The van der Waals surface area contributed by atoms with E-state index in [4.69, 9.17) is 20.3 Å². The minimum absolute atomic E-state index is 0. The van der Waals surface area contributed by atoms with Gasteiger partial charge in [0.1, 0.15) is 32.7 Å². The van der Waals surface area contributed by atoms with Crippen molar-refractivity contribution in [2.75, 3.05) is 0 Å². The molecular weight excluding hydrogens is 507 g/mol. The summed E-state index contributed by atoms with van der Waals surface area (Å²) >= 11 is 5.77. The molecule has 33 heavy (non-hydrogen) atoms. The SMILES string of the molecule is Cc1ccc(S(=O)(=O)Oc2ccc(N=Nc3cc(Cl)cc(S(=O)(=O)O)c3O)c(O)c2)cc1.[Na]. The second kappa shape index (κ2) is 10.4. The predicted molar refractivity (Wildman–Crippen MR) is 120 cm³/mol. The van der Waals surface area contributed by atoms with Gasteiger partial charge in [0.15, 0.2) is 5.75 Å². The number of hydrogen-bond donors (Lipinski definition) is 3. The van der Waals surface area contributed by atoms with Gasteiger partial charge >= 0.3 is 10.1 Å². The average molecular weight is 522 g/mol. The van der Waals surface area contributed by atoms with Crippen LogP contribution >= 0.6 is 11.6 Å². The first-order valence-corrected chi connectivity index (χ1v) is 11.9. The van der Waals surface area contributed by atoms with Crippen molar-refractivity contribution in [1.82, 2.24) is 0 Å². The molecule has 0 saturated heterocycles. The Morgan fingerprint density at radius 2 is 1.48 bits per heavy atom. The number of azo groups is 1. The van der Waals surface area contributed by atoms with Crippen LogP contribution in [0.4, 0.5) is 11.4 Å². The van der Waals surface area contributed by atoms with Crippen LogP contribution < -0.4 is 4.18 Å². The van der Waals surface area contributed by atoms with E-state index in [0.717, 1.165) is 23.8 Å². The molecule has 0 heterocycles. The molecule has 0 aliphatic carbocycles. The van der Waals surface area contributed by atoms with Gasteiger partial charge in [-0.2, -0.15) is 16.8 Å². The molecular formula is C19H15ClN2NaO8S2. The third-order valence-corrected chi connectivity index (χ3v) is 6.37.